The Bertz CT molecular complexity index is 846. The van der Waals surface area contributed by atoms with Gasteiger partial charge in [0.1, 0.15) is 5.75 Å². The van der Waals surface area contributed by atoms with Crippen LogP contribution in [0, 0.1) is 13.8 Å². The van der Waals surface area contributed by atoms with Crippen molar-refractivity contribution in [1.29, 1.82) is 0 Å². The first-order chi connectivity index (χ1) is 12.9. The summed E-state index contributed by atoms with van der Waals surface area (Å²) in [6.45, 7) is 6.57. The first kappa shape index (κ1) is 19.0. The van der Waals surface area contributed by atoms with Gasteiger partial charge < -0.3 is 14.4 Å². The van der Waals surface area contributed by atoms with Crippen molar-refractivity contribution in [1.82, 2.24) is 4.90 Å². The van der Waals surface area contributed by atoms with Crippen molar-refractivity contribution in [2.75, 3.05) is 13.2 Å². The van der Waals surface area contributed by atoms with Crippen molar-refractivity contribution in [3.8, 4) is 5.75 Å². The van der Waals surface area contributed by atoms with E-state index in [1.807, 2.05) is 50.2 Å². The minimum Gasteiger partial charge on any atom is -0.482 e. The van der Waals surface area contributed by atoms with E-state index in [9.17, 15) is 9.59 Å². The quantitative estimate of drug-likeness (QED) is 0.762. The Labute approximate surface area is 159 Å². The molecule has 1 aliphatic heterocycles. The zero-order valence-corrected chi connectivity index (χ0v) is 16.0. The zero-order valence-electron chi connectivity index (χ0n) is 16.0. The number of aryl methyl sites for hydroxylation is 2. The topological polar surface area (TPSA) is 55.8 Å². The van der Waals surface area contributed by atoms with E-state index in [4.69, 9.17) is 9.47 Å². The highest BCUT2D eigenvalue weighted by molar-refractivity contribution is 5.84. The smallest absolute Gasteiger partial charge is 0.344 e. The molecule has 1 aliphatic rings. The highest BCUT2D eigenvalue weighted by atomic mass is 16.6. The van der Waals surface area contributed by atoms with Crippen LogP contribution in [0.15, 0.2) is 42.5 Å². The number of hydrogen-bond donors (Lipinski definition) is 0. The Hall–Kier alpha value is -2.82. The second-order valence-electron chi connectivity index (χ2n) is 6.95. The molecule has 0 bridgehead atoms. The normalized spacial score (nSPS) is 14.3. The highest BCUT2D eigenvalue weighted by Gasteiger charge is 2.27. The summed E-state index contributed by atoms with van der Waals surface area (Å²) in [7, 11) is 0. The number of benzene rings is 2. The molecular weight excluding hydrogens is 342 g/mol. The van der Waals surface area contributed by atoms with E-state index in [1.54, 1.807) is 11.8 Å². The van der Waals surface area contributed by atoms with Crippen LogP contribution < -0.4 is 4.74 Å². The van der Waals surface area contributed by atoms with Gasteiger partial charge in [-0.2, -0.15) is 0 Å². The predicted octanol–water partition coefficient (Wildman–Crippen LogP) is 3.20. The largest absolute Gasteiger partial charge is 0.482 e. The third-order valence-corrected chi connectivity index (χ3v) is 4.93. The van der Waals surface area contributed by atoms with E-state index in [-0.39, 0.29) is 12.5 Å². The SMILES string of the molecule is Cc1ccc(OCC(=O)O[C@H](C)C(=O)N2CCc3ccccc3C2)cc1C. The van der Waals surface area contributed by atoms with Gasteiger partial charge in [-0.05, 0) is 61.6 Å². The van der Waals surface area contributed by atoms with Gasteiger partial charge in [0.25, 0.3) is 5.91 Å². The molecular formula is C22H25NO4. The lowest BCUT2D eigenvalue weighted by atomic mass is 9.99. The van der Waals surface area contributed by atoms with Crippen molar-refractivity contribution < 1.29 is 19.1 Å². The summed E-state index contributed by atoms with van der Waals surface area (Å²) in [5.41, 5.74) is 4.67. The van der Waals surface area contributed by atoms with Gasteiger partial charge in [0.2, 0.25) is 0 Å². The average molecular weight is 367 g/mol. The zero-order chi connectivity index (χ0) is 19.4. The predicted molar refractivity (Wildman–Crippen MR) is 103 cm³/mol. The van der Waals surface area contributed by atoms with E-state index < -0.39 is 12.1 Å². The Morgan fingerprint density at radius 2 is 1.81 bits per heavy atom. The van der Waals surface area contributed by atoms with Gasteiger partial charge in [0.15, 0.2) is 12.7 Å². The summed E-state index contributed by atoms with van der Waals surface area (Å²) in [5, 5.41) is 0. The van der Waals surface area contributed by atoms with Crippen LogP contribution in [0.5, 0.6) is 5.75 Å². The first-order valence-corrected chi connectivity index (χ1v) is 9.19. The maximum atomic E-state index is 12.6. The maximum Gasteiger partial charge on any atom is 0.344 e. The first-order valence-electron chi connectivity index (χ1n) is 9.19. The van der Waals surface area contributed by atoms with Gasteiger partial charge in [0.05, 0.1) is 0 Å². The van der Waals surface area contributed by atoms with E-state index in [1.165, 1.54) is 5.56 Å². The molecule has 0 radical (unpaired) electrons. The van der Waals surface area contributed by atoms with Gasteiger partial charge in [-0.1, -0.05) is 30.3 Å². The Kier molecular flexibility index (Phi) is 5.79. The number of hydrogen-bond acceptors (Lipinski definition) is 4. The van der Waals surface area contributed by atoms with E-state index in [0.29, 0.717) is 18.8 Å². The molecule has 0 N–H and O–H groups in total. The molecule has 2 aromatic rings. The summed E-state index contributed by atoms with van der Waals surface area (Å²) in [5.74, 6) is -0.114. The molecule has 1 amide bonds. The van der Waals surface area contributed by atoms with E-state index in [2.05, 4.69) is 6.07 Å². The van der Waals surface area contributed by atoms with Crippen molar-refractivity contribution in [3.05, 3.63) is 64.7 Å². The molecule has 0 unspecified atom stereocenters. The number of carbonyl (C=O) groups excluding carboxylic acids is 2. The average Bonchev–Trinajstić information content (AvgIpc) is 2.67. The molecule has 0 saturated heterocycles. The van der Waals surface area contributed by atoms with Crippen molar-refractivity contribution in [2.24, 2.45) is 0 Å². The molecule has 0 saturated carbocycles. The lowest BCUT2D eigenvalue weighted by molar-refractivity contribution is -0.161. The van der Waals surface area contributed by atoms with Crippen LogP contribution in [-0.4, -0.2) is 36.0 Å². The third-order valence-electron chi connectivity index (χ3n) is 4.93. The fourth-order valence-corrected chi connectivity index (χ4v) is 3.17. The summed E-state index contributed by atoms with van der Waals surface area (Å²) in [4.78, 5) is 26.4. The Morgan fingerprint density at radius 1 is 1.07 bits per heavy atom. The second-order valence-corrected chi connectivity index (χ2v) is 6.95. The van der Waals surface area contributed by atoms with E-state index in [0.717, 1.165) is 23.1 Å². The lowest BCUT2D eigenvalue weighted by Crippen LogP contribution is -2.43. The number of amides is 1. The fourth-order valence-electron chi connectivity index (χ4n) is 3.17. The number of esters is 1. The molecule has 0 aliphatic carbocycles. The Balaban J connectivity index is 1.50. The molecule has 2 aromatic carbocycles. The fraction of sp³-hybridized carbons (Fsp3) is 0.364. The second kappa shape index (κ2) is 8.25. The third kappa shape index (κ3) is 4.67. The van der Waals surface area contributed by atoms with Crippen molar-refractivity contribution in [2.45, 2.75) is 39.8 Å². The molecule has 0 spiro atoms. The molecule has 27 heavy (non-hydrogen) atoms. The number of rotatable bonds is 5. The van der Waals surface area contributed by atoms with Crippen LogP contribution in [0.25, 0.3) is 0 Å². The Morgan fingerprint density at radius 3 is 2.56 bits per heavy atom. The van der Waals surface area contributed by atoms with Crippen LogP contribution in [0.2, 0.25) is 0 Å². The molecule has 0 fully saturated rings. The number of nitrogens with zero attached hydrogens (tertiary/aromatic N) is 1. The number of fused-ring (bicyclic) bond motifs is 1. The minimum atomic E-state index is -0.828. The monoisotopic (exact) mass is 367 g/mol. The number of carbonyl (C=O) groups is 2. The number of ether oxygens (including phenoxy) is 2. The molecule has 1 heterocycles. The van der Waals surface area contributed by atoms with Gasteiger partial charge in [-0.3, -0.25) is 4.79 Å². The van der Waals surface area contributed by atoms with Gasteiger partial charge in [-0.15, -0.1) is 0 Å². The van der Waals surface area contributed by atoms with Crippen LogP contribution in [0.4, 0.5) is 0 Å². The lowest BCUT2D eigenvalue weighted by Gasteiger charge is -2.30. The van der Waals surface area contributed by atoms with E-state index >= 15 is 0 Å². The molecule has 0 aromatic heterocycles. The van der Waals surface area contributed by atoms with Gasteiger partial charge in [0, 0.05) is 13.1 Å². The van der Waals surface area contributed by atoms with Crippen molar-refractivity contribution >= 4 is 11.9 Å². The molecule has 142 valence electrons. The standard InChI is InChI=1S/C22H25NO4/c1-15-8-9-20(12-16(15)2)26-14-21(24)27-17(3)22(25)23-11-10-18-6-4-5-7-19(18)13-23/h4-9,12,17H,10-11,13-14H2,1-3H3/t17-/m1/s1. The molecule has 5 heteroatoms. The van der Waals surface area contributed by atoms with Crippen molar-refractivity contribution in [3.63, 3.8) is 0 Å². The van der Waals surface area contributed by atoms with Crippen LogP contribution in [-0.2, 0) is 27.3 Å². The van der Waals surface area contributed by atoms with Gasteiger partial charge >= 0.3 is 5.97 Å². The van der Waals surface area contributed by atoms with Crippen LogP contribution in [0.3, 0.4) is 0 Å². The van der Waals surface area contributed by atoms with Crippen LogP contribution >= 0.6 is 0 Å². The summed E-state index contributed by atoms with van der Waals surface area (Å²) in [6, 6.07) is 13.7. The molecule has 3 rings (SSSR count). The highest BCUT2D eigenvalue weighted by Crippen LogP contribution is 2.20. The molecule has 1 atom stereocenters. The summed E-state index contributed by atoms with van der Waals surface area (Å²) >= 11 is 0. The minimum absolute atomic E-state index is 0.177. The summed E-state index contributed by atoms with van der Waals surface area (Å²) < 4.78 is 10.8. The maximum absolute atomic E-state index is 12.6. The molecule has 5 nitrogen and oxygen atoms in total. The summed E-state index contributed by atoms with van der Waals surface area (Å²) in [6.07, 6.45) is -0.00975. The van der Waals surface area contributed by atoms with Crippen LogP contribution in [0.1, 0.15) is 29.2 Å². The van der Waals surface area contributed by atoms with Gasteiger partial charge in [-0.25, -0.2) is 4.79 Å².